The number of anilines is 1. The van der Waals surface area contributed by atoms with E-state index in [1.165, 1.54) is 25.1 Å². The first-order valence-corrected chi connectivity index (χ1v) is 8.17. The van der Waals surface area contributed by atoms with Crippen molar-refractivity contribution in [2.75, 3.05) is 25.7 Å². The fourth-order valence-corrected chi connectivity index (χ4v) is 2.74. The van der Waals surface area contributed by atoms with E-state index in [9.17, 15) is 14.4 Å². The minimum absolute atomic E-state index is 0.0291. The number of rotatable bonds is 6. The van der Waals surface area contributed by atoms with Gasteiger partial charge in [-0.2, -0.15) is 0 Å². The fourth-order valence-electron chi connectivity index (χ4n) is 2.74. The number of hydrogen-bond acceptors (Lipinski definition) is 8. The predicted octanol–water partition coefficient (Wildman–Crippen LogP) is 0.977. The van der Waals surface area contributed by atoms with Crippen LogP contribution in [0.3, 0.4) is 0 Å². The molecule has 2 aromatic rings. The zero-order valence-electron chi connectivity index (χ0n) is 15.0. The molecule has 0 aliphatic carbocycles. The van der Waals surface area contributed by atoms with Gasteiger partial charge in [0.25, 0.3) is 5.91 Å². The van der Waals surface area contributed by atoms with Crippen molar-refractivity contribution in [1.82, 2.24) is 15.0 Å². The number of nitrogens with zero attached hydrogens (tertiary/aromatic N) is 4. The highest BCUT2D eigenvalue weighted by Crippen LogP contribution is 2.34. The van der Waals surface area contributed by atoms with Crippen LogP contribution >= 0.6 is 0 Å². The maximum Gasteiger partial charge on any atom is 0.360 e. The van der Waals surface area contributed by atoms with E-state index in [1.54, 1.807) is 25.1 Å². The summed E-state index contributed by atoms with van der Waals surface area (Å²) in [6.07, 6.45) is 1.19. The van der Waals surface area contributed by atoms with Gasteiger partial charge in [0, 0.05) is 18.2 Å². The number of aromatic nitrogens is 3. The molecule has 0 N–H and O–H groups in total. The molecule has 3 rings (SSSR count). The van der Waals surface area contributed by atoms with E-state index >= 15 is 0 Å². The molecule has 1 aliphatic rings. The van der Waals surface area contributed by atoms with Gasteiger partial charge in [0.1, 0.15) is 17.5 Å². The number of hydrogen-bond donors (Lipinski definition) is 0. The average Bonchev–Trinajstić information content (AvgIpc) is 3.26. The van der Waals surface area contributed by atoms with Crippen LogP contribution in [0.1, 0.15) is 29.9 Å². The van der Waals surface area contributed by atoms with Crippen LogP contribution in [-0.2, 0) is 14.3 Å². The molecule has 2 heterocycles. The highest BCUT2D eigenvalue weighted by molar-refractivity contribution is 6.21. The number of carbonyl (C=O) groups is 3. The van der Waals surface area contributed by atoms with Crippen LogP contribution in [0.4, 0.5) is 5.69 Å². The minimum atomic E-state index is -0.898. The minimum Gasteiger partial charge on any atom is -0.497 e. The SMILES string of the molecule is CCOC(=O)c1cn(C2CC(=O)N(c3cc(OC)cc(OC)c3)C2=O)nn1. The van der Waals surface area contributed by atoms with E-state index in [1.807, 2.05) is 0 Å². The van der Waals surface area contributed by atoms with Crippen LogP contribution in [0.2, 0.25) is 0 Å². The maximum absolute atomic E-state index is 12.8. The standard InChI is InChI=1S/C17H18N4O6/c1-4-27-17(24)13-9-20(19-18-13)14-8-15(22)21(16(14)23)10-5-11(25-2)7-12(6-10)26-3/h5-7,9,14H,4,8H2,1-3H3. The van der Waals surface area contributed by atoms with Gasteiger partial charge in [-0.15, -0.1) is 5.10 Å². The van der Waals surface area contributed by atoms with Gasteiger partial charge < -0.3 is 14.2 Å². The quantitative estimate of drug-likeness (QED) is 0.543. The fraction of sp³-hybridized carbons (Fsp3) is 0.353. The number of amides is 2. The second kappa shape index (κ2) is 7.44. The lowest BCUT2D eigenvalue weighted by Gasteiger charge is -2.17. The second-order valence-electron chi connectivity index (χ2n) is 5.66. The Balaban J connectivity index is 1.89. The second-order valence-corrected chi connectivity index (χ2v) is 5.66. The summed E-state index contributed by atoms with van der Waals surface area (Å²) < 4.78 is 16.4. The normalized spacial score (nSPS) is 16.6. The number of carbonyl (C=O) groups excluding carboxylic acids is 3. The molecule has 0 saturated carbocycles. The molecular weight excluding hydrogens is 356 g/mol. The van der Waals surface area contributed by atoms with Crippen molar-refractivity contribution in [3.8, 4) is 11.5 Å². The molecule has 10 heteroatoms. The molecule has 1 atom stereocenters. The van der Waals surface area contributed by atoms with Gasteiger partial charge >= 0.3 is 5.97 Å². The van der Waals surface area contributed by atoms with Crippen LogP contribution in [-0.4, -0.2) is 53.6 Å². The Kier molecular flexibility index (Phi) is 5.06. The zero-order valence-corrected chi connectivity index (χ0v) is 15.0. The van der Waals surface area contributed by atoms with E-state index < -0.39 is 23.8 Å². The molecule has 1 aliphatic heterocycles. The van der Waals surface area contributed by atoms with Crippen LogP contribution in [0.15, 0.2) is 24.4 Å². The van der Waals surface area contributed by atoms with Gasteiger partial charge in [-0.05, 0) is 6.92 Å². The Hall–Kier alpha value is -3.43. The molecule has 0 bridgehead atoms. The summed E-state index contributed by atoms with van der Waals surface area (Å²) in [5.41, 5.74) is 0.299. The topological polar surface area (TPSA) is 113 Å². The molecule has 27 heavy (non-hydrogen) atoms. The Morgan fingerprint density at radius 2 is 1.85 bits per heavy atom. The molecule has 10 nitrogen and oxygen atoms in total. The molecule has 1 unspecified atom stereocenters. The van der Waals surface area contributed by atoms with Crippen LogP contribution in [0.25, 0.3) is 0 Å². The summed E-state index contributed by atoms with van der Waals surface area (Å²) in [5, 5.41) is 7.51. The molecule has 0 radical (unpaired) electrons. The highest BCUT2D eigenvalue weighted by Gasteiger charge is 2.42. The van der Waals surface area contributed by atoms with E-state index in [0.29, 0.717) is 17.2 Å². The summed E-state index contributed by atoms with van der Waals surface area (Å²) in [5.74, 6) is -0.656. The van der Waals surface area contributed by atoms with Gasteiger partial charge in [0.2, 0.25) is 5.91 Å². The number of benzene rings is 1. The molecule has 1 fully saturated rings. The molecule has 1 aromatic heterocycles. The summed E-state index contributed by atoms with van der Waals surface area (Å²) in [6.45, 7) is 1.86. The third kappa shape index (κ3) is 3.46. The number of ether oxygens (including phenoxy) is 3. The van der Waals surface area contributed by atoms with E-state index in [2.05, 4.69) is 10.3 Å². The lowest BCUT2D eigenvalue weighted by atomic mass is 10.2. The van der Waals surface area contributed by atoms with Crippen LogP contribution in [0, 0.1) is 0 Å². The Morgan fingerprint density at radius 1 is 1.19 bits per heavy atom. The van der Waals surface area contributed by atoms with Crippen molar-refractivity contribution in [2.45, 2.75) is 19.4 Å². The van der Waals surface area contributed by atoms with Crippen molar-refractivity contribution < 1.29 is 28.6 Å². The molecule has 1 saturated heterocycles. The summed E-state index contributed by atoms with van der Waals surface area (Å²) >= 11 is 0. The van der Waals surface area contributed by atoms with Crippen molar-refractivity contribution in [2.24, 2.45) is 0 Å². The number of imide groups is 1. The van der Waals surface area contributed by atoms with E-state index in [0.717, 1.165) is 4.90 Å². The third-order valence-corrected chi connectivity index (χ3v) is 4.03. The number of esters is 1. The first kappa shape index (κ1) is 18.4. The largest absolute Gasteiger partial charge is 0.497 e. The molecular formula is C17H18N4O6. The number of methoxy groups -OCH3 is 2. The lowest BCUT2D eigenvalue weighted by molar-refractivity contribution is -0.122. The van der Waals surface area contributed by atoms with Crippen LogP contribution < -0.4 is 14.4 Å². The molecule has 142 valence electrons. The third-order valence-electron chi connectivity index (χ3n) is 4.03. The first-order chi connectivity index (χ1) is 13.0. The molecule has 2 amide bonds. The zero-order chi connectivity index (χ0) is 19.6. The van der Waals surface area contributed by atoms with Crippen LogP contribution in [0.5, 0.6) is 11.5 Å². The van der Waals surface area contributed by atoms with E-state index in [4.69, 9.17) is 14.2 Å². The van der Waals surface area contributed by atoms with E-state index in [-0.39, 0.29) is 18.7 Å². The van der Waals surface area contributed by atoms with Crippen molar-refractivity contribution >= 4 is 23.5 Å². The highest BCUT2D eigenvalue weighted by atomic mass is 16.5. The van der Waals surface area contributed by atoms with Crippen molar-refractivity contribution in [3.05, 3.63) is 30.1 Å². The van der Waals surface area contributed by atoms with Crippen molar-refractivity contribution in [3.63, 3.8) is 0 Å². The monoisotopic (exact) mass is 374 g/mol. The summed E-state index contributed by atoms with van der Waals surface area (Å²) in [6, 6.07) is 3.86. The maximum atomic E-state index is 12.8. The molecule has 1 aromatic carbocycles. The van der Waals surface area contributed by atoms with Gasteiger partial charge in [-0.25, -0.2) is 14.4 Å². The molecule has 0 spiro atoms. The first-order valence-electron chi connectivity index (χ1n) is 8.17. The van der Waals surface area contributed by atoms with Crippen molar-refractivity contribution in [1.29, 1.82) is 0 Å². The summed E-state index contributed by atoms with van der Waals surface area (Å²) in [7, 11) is 2.95. The Labute approximate surface area is 154 Å². The summed E-state index contributed by atoms with van der Waals surface area (Å²) in [4.78, 5) is 38.1. The van der Waals surface area contributed by atoms with Gasteiger partial charge in [-0.1, -0.05) is 5.21 Å². The average molecular weight is 374 g/mol. The smallest absolute Gasteiger partial charge is 0.360 e. The predicted molar refractivity (Wildman–Crippen MR) is 91.7 cm³/mol. The lowest BCUT2D eigenvalue weighted by Crippen LogP contribution is -2.31. The van der Waals surface area contributed by atoms with Gasteiger partial charge in [-0.3, -0.25) is 9.59 Å². The van der Waals surface area contributed by atoms with Gasteiger partial charge in [0.15, 0.2) is 5.69 Å². The Bertz CT molecular complexity index is 871. The Morgan fingerprint density at radius 3 is 2.44 bits per heavy atom. The van der Waals surface area contributed by atoms with Gasteiger partial charge in [0.05, 0.1) is 39.1 Å².